The summed E-state index contributed by atoms with van der Waals surface area (Å²) >= 11 is 0. The zero-order valence-electron chi connectivity index (χ0n) is 28.2. The van der Waals surface area contributed by atoms with Crippen molar-refractivity contribution in [3.05, 3.63) is 188 Å². The van der Waals surface area contributed by atoms with Crippen LogP contribution >= 0.6 is 0 Å². The van der Waals surface area contributed by atoms with E-state index in [0.717, 1.165) is 56.4 Å². The molecule has 0 saturated carbocycles. The average molecular weight is 665 g/mol. The Bertz CT molecular complexity index is 2940. The first-order chi connectivity index (χ1) is 25.8. The van der Waals surface area contributed by atoms with Gasteiger partial charge in [-0.1, -0.05) is 115 Å². The molecule has 0 aliphatic carbocycles. The fourth-order valence-corrected chi connectivity index (χ4v) is 8.40. The van der Waals surface area contributed by atoms with E-state index in [0.29, 0.717) is 0 Å². The minimum Gasteiger partial charge on any atom is -0.354 e. The Hall–Kier alpha value is -7.04. The van der Waals surface area contributed by atoms with E-state index >= 15 is 0 Å². The van der Waals surface area contributed by atoms with Gasteiger partial charge >= 0.3 is 0 Å². The first-order valence-corrected chi connectivity index (χ1v) is 17.8. The minimum atomic E-state index is 1.12. The summed E-state index contributed by atoms with van der Waals surface area (Å²) in [5, 5.41) is 4.86. The Morgan fingerprint density at radius 3 is 1.56 bits per heavy atom. The lowest BCUT2D eigenvalue weighted by molar-refractivity contribution is 1.17. The molecule has 0 saturated heterocycles. The predicted octanol–water partition coefficient (Wildman–Crippen LogP) is 13.3. The lowest BCUT2D eigenvalue weighted by Crippen LogP contribution is -2.24. The van der Waals surface area contributed by atoms with E-state index in [2.05, 4.69) is 207 Å². The zero-order valence-corrected chi connectivity index (χ0v) is 28.2. The Morgan fingerprint density at radius 1 is 0.327 bits per heavy atom. The SMILES string of the molecule is c1ccc(-c2ccc(-n3c4ccccc4c4c5c(ccc43)N(c3ccccc3)c3c(ccc4[nH]c6ccccc6c34)N5c3ccccc3)cc2)cc1. The Kier molecular flexibility index (Phi) is 6.22. The molecule has 0 spiro atoms. The van der Waals surface area contributed by atoms with E-state index in [4.69, 9.17) is 0 Å². The van der Waals surface area contributed by atoms with Crippen LogP contribution in [-0.2, 0) is 0 Å². The standard InChI is InChI=1S/C48H32N4/c1-4-14-32(15-5-1)33-24-26-36(27-25-33)50-41-23-13-11-21-38(41)46-42(50)30-31-44-48(46)52(35-18-8-3-9-19-35)43-29-28-40-45(37-20-10-12-22-39(37)49-40)47(43)51(44)34-16-6-2-7-17-34/h1-31,49H. The Labute approximate surface area is 301 Å². The molecule has 8 aromatic carbocycles. The highest BCUT2D eigenvalue weighted by atomic mass is 15.3. The highest BCUT2D eigenvalue weighted by Gasteiger charge is 2.35. The molecule has 0 radical (unpaired) electrons. The number of aromatic nitrogens is 2. The fraction of sp³-hybridized carbons (Fsp3) is 0. The molecule has 244 valence electrons. The smallest absolute Gasteiger partial charge is 0.0804 e. The second-order valence-electron chi connectivity index (χ2n) is 13.5. The third kappa shape index (κ3) is 4.15. The number of benzene rings is 8. The van der Waals surface area contributed by atoms with Crippen molar-refractivity contribution >= 4 is 77.7 Å². The van der Waals surface area contributed by atoms with Gasteiger partial charge in [-0.05, 0) is 83.9 Å². The van der Waals surface area contributed by atoms with Gasteiger partial charge in [-0.3, -0.25) is 0 Å². The molecular formula is C48H32N4. The van der Waals surface area contributed by atoms with Gasteiger partial charge in [-0.2, -0.15) is 0 Å². The molecule has 4 nitrogen and oxygen atoms in total. The normalized spacial score (nSPS) is 12.5. The van der Waals surface area contributed by atoms with Crippen molar-refractivity contribution < 1.29 is 0 Å². The second kappa shape index (κ2) is 11.2. The molecule has 0 bridgehead atoms. The van der Waals surface area contributed by atoms with Gasteiger partial charge in [-0.25, -0.2) is 0 Å². The highest BCUT2D eigenvalue weighted by molar-refractivity contribution is 6.26. The number of hydrogen-bond donors (Lipinski definition) is 1. The van der Waals surface area contributed by atoms with Crippen molar-refractivity contribution in [2.24, 2.45) is 0 Å². The molecule has 3 heterocycles. The molecule has 4 heteroatoms. The van der Waals surface area contributed by atoms with Crippen molar-refractivity contribution in [1.82, 2.24) is 9.55 Å². The van der Waals surface area contributed by atoms with Crippen molar-refractivity contribution in [3.63, 3.8) is 0 Å². The maximum Gasteiger partial charge on any atom is 0.0804 e. The molecule has 0 fully saturated rings. The molecule has 1 aliphatic rings. The van der Waals surface area contributed by atoms with Gasteiger partial charge in [0.1, 0.15) is 0 Å². The molecule has 11 rings (SSSR count). The van der Waals surface area contributed by atoms with E-state index in [1.54, 1.807) is 0 Å². The van der Waals surface area contributed by atoms with Gasteiger partial charge in [0, 0.05) is 49.6 Å². The topological polar surface area (TPSA) is 27.2 Å². The molecule has 1 N–H and O–H groups in total. The Morgan fingerprint density at radius 2 is 0.865 bits per heavy atom. The molecule has 52 heavy (non-hydrogen) atoms. The average Bonchev–Trinajstić information content (AvgIpc) is 3.77. The number of anilines is 6. The number of para-hydroxylation sites is 4. The monoisotopic (exact) mass is 664 g/mol. The summed E-state index contributed by atoms with van der Waals surface area (Å²) in [6.07, 6.45) is 0. The van der Waals surface area contributed by atoms with Crippen molar-refractivity contribution in [1.29, 1.82) is 0 Å². The van der Waals surface area contributed by atoms with Crippen LogP contribution in [0.4, 0.5) is 34.1 Å². The molecule has 1 aliphatic heterocycles. The number of rotatable bonds is 4. The quantitative estimate of drug-likeness (QED) is 0.203. The van der Waals surface area contributed by atoms with Gasteiger partial charge < -0.3 is 19.4 Å². The van der Waals surface area contributed by atoms with Crippen LogP contribution in [0.15, 0.2) is 188 Å². The van der Waals surface area contributed by atoms with Crippen molar-refractivity contribution in [3.8, 4) is 16.8 Å². The summed E-state index contributed by atoms with van der Waals surface area (Å²) in [4.78, 5) is 8.69. The van der Waals surface area contributed by atoms with Gasteiger partial charge in [0.25, 0.3) is 0 Å². The molecule has 0 amide bonds. The highest BCUT2D eigenvalue weighted by Crippen LogP contribution is 2.60. The van der Waals surface area contributed by atoms with Gasteiger partial charge in [0.2, 0.25) is 0 Å². The number of H-pyrrole nitrogens is 1. The molecule has 0 unspecified atom stereocenters. The summed E-state index contributed by atoms with van der Waals surface area (Å²) in [6, 6.07) is 67.9. The van der Waals surface area contributed by atoms with E-state index in [1.165, 1.54) is 38.2 Å². The third-order valence-corrected chi connectivity index (χ3v) is 10.6. The van der Waals surface area contributed by atoms with Crippen molar-refractivity contribution in [2.75, 3.05) is 9.80 Å². The van der Waals surface area contributed by atoms with Crippen LogP contribution in [-0.4, -0.2) is 9.55 Å². The van der Waals surface area contributed by atoms with E-state index in [-0.39, 0.29) is 0 Å². The number of hydrogen-bond acceptors (Lipinski definition) is 2. The van der Waals surface area contributed by atoms with E-state index in [1.807, 2.05) is 0 Å². The summed E-state index contributed by atoms with van der Waals surface area (Å²) in [6.45, 7) is 0. The lowest BCUT2D eigenvalue weighted by atomic mass is 9.98. The first kappa shape index (κ1) is 28.8. The maximum atomic E-state index is 3.72. The summed E-state index contributed by atoms with van der Waals surface area (Å²) in [7, 11) is 0. The fourth-order valence-electron chi connectivity index (χ4n) is 8.40. The molecular weight excluding hydrogens is 633 g/mol. The Balaban J connectivity index is 1.26. The van der Waals surface area contributed by atoms with Crippen LogP contribution < -0.4 is 9.80 Å². The van der Waals surface area contributed by atoms with Crippen molar-refractivity contribution in [2.45, 2.75) is 0 Å². The maximum absolute atomic E-state index is 3.72. The van der Waals surface area contributed by atoms with Gasteiger partial charge in [0.15, 0.2) is 0 Å². The second-order valence-corrected chi connectivity index (χ2v) is 13.5. The van der Waals surface area contributed by atoms with Crippen LogP contribution in [0.3, 0.4) is 0 Å². The first-order valence-electron chi connectivity index (χ1n) is 17.8. The van der Waals surface area contributed by atoms with Gasteiger partial charge in [-0.15, -0.1) is 0 Å². The minimum absolute atomic E-state index is 1.12. The number of fused-ring (bicyclic) bond motifs is 10. The largest absolute Gasteiger partial charge is 0.354 e. The van der Waals surface area contributed by atoms with Crippen LogP contribution in [0.2, 0.25) is 0 Å². The molecule has 10 aromatic rings. The zero-order chi connectivity index (χ0) is 34.2. The molecule has 2 aromatic heterocycles. The van der Waals surface area contributed by atoms with Crippen LogP contribution in [0.5, 0.6) is 0 Å². The number of nitrogens with one attached hydrogen (secondary N) is 1. The van der Waals surface area contributed by atoms with Crippen LogP contribution in [0, 0.1) is 0 Å². The van der Waals surface area contributed by atoms with Gasteiger partial charge in [0.05, 0.1) is 33.8 Å². The third-order valence-electron chi connectivity index (χ3n) is 10.6. The number of aromatic amines is 1. The summed E-state index contributed by atoms with van der Waals surface area (Å²) in [5.74, 6) is 0. The number of nitrogens with zero attached hydrogens (tertiary/aromatic N) is 3. The van der Waals surface area contributed by atoms with Crippen LogP contribution in [0.25, 0.3) is 60.4 Å². The molecule has 0 atom stereocenters. The van der Waals surface area contributed by atoms with E-state index < -0.39 is 0 Å². The summed E-state index contributed by atoms with van der Waals surface area (Å²) in [5.41, 5.74) is 15.0. The van der Waals surface area contributed by atoms with Crippen LogP contribution in [0.1, 0.15) is 0 Å². The summed E-state index contributed by atoms with van der Waals surface area (Å²) < 4.78 is 2.42. The predicted molar refractivity (Wildman–Crippen MR) is 219 cm³/mol. The lowest BCUT2D eigenvalue weighted by Gasteiger charge is -2.41. The van der Waals surface area contributed by atoms with E-state index in [9.17, 15) is 0 Å².